The van der Waals surface area contributed by atoms with Crippen LogP contribution in [-0.4, -0.2) is 70.7 Å². The number of hydrogen-bond acceptors (Lipinski definition) is 7. The molecule has 0 rings (SSSR count). The SMILES string of the molecule is CCCCC/C=C\C/C=C\CCCCCCCCCCCC(=O)OC(COCCCCCCCCCCCCC/C=C\C/C=C\C/C=C\CCCCCCC)COP(=O)([O-])OCC[N+](C)(C)C. The van der Waals surface area contributed by atoms with Crippen LogP contribution >= 0.6 is 7.82 Å². The molecule has 0 saturated heterocycles. The Labute approximate surface area is 415 Å². The molecule has 8 nitrogen and oxygen atoms in total. The van der Waals surface area contributed by atoms with Crippen LogP contribution in [0.1, 0.15) is 245 Å². The minimum absolute atomic E-state index is 0.0230. The van der Waals surface area contributed by atoms with E-state index < -0.39 is 13.9 Å². The van der Waals surface area contributed by atoms with E-state index in [0.29, 0.717) is 24.1 Å². The number of phosphoric ester groups is 1. The first-order chi connectivity index (χ1) is 32.6. The third-order valence-electron chi connectivity index (χ3n) is 12.0. The lowest BCUT2D eigenvalue weighted by Gasteiger charge is -2.28. The molecule has 0 fully saturated rings. The predicted octanol–water partition coefficient (Wildman–Crippen LogP) is 17.0. The molecule has 0 aromatic rings. The van der Waals surface area contributed by atoms with E-state index in [4.69, 9.17) is 18.5 Å². The number of nitrogens with zero attached hydrogens (tertiary/aromatic N) is 1. The quantitative estimate of drug-likeness (QED) is 0.0197. The van der Waals surface area contributed by atoms with E-state index in [1.165, 1.54) is 173 Å². The molecule has 9 heteroatoms. The van der Waals surface area contributed by atoms with Crippen molar-refractivity contribution in [1.29, 1.82) is 0 Å². The van der Waals surface area contributed by atoms with Crippen molar-refractivity contribution in [2.45, 2.75) is 251 Å². The summed E-state index contributed by atoms with van der Waals surface area (Å²) in [7, 11) is 1.35. The second-order valence-corrected chi connectivity index (χ2v) is 21.3. The van der Waals surface area contributed by atoms with Crippen molar-refractivity contribution < 1.29 is 37.3 Å². The van der Waals surface area contributed by atoms with Crippen molar-refractivity contribution in [1.82, 2.24) is 0 Å². The molecule has 0 saturated carbocycles. The van der Waals surface area contributed by atoms with Gasteiger partial charge in [-0.05, 0) is 83.5 Å². The molecule has 0 aliphatic heterocycles. The lowest BCUT2D eigenvalue weighted by molar-refractivity contribution is -0.870. The number of quaternary nitrogens is 1. The fourth-order valence-corrected chi connectivity index (χ4v) is 8.43. The molecule has 0 spiro atoms. The Morgan fingerprint density at radius 1 is 0.463 bits per heavy atom. The number of allylic oxidation sites excluding steroid dienone is 10. The zero-order valence-electron chi connectivity index (χ0n) is 44.6. The molecule has 0 aliphatic carbocycles. The van der Waals surface area contributed by atoms with Gasteiger partial charge in [-0.15, -0.1) is 0 Å². The van der Waals surface area contributed by atoms with Crippen LogP contribution in [0.4, 0.5) is 0 Å². The number of carbonyl (C=O) groups is 1. The van der Waals surface area contributed by atoms with Gasteiger partial charge >= 0.3 is 5.97 Å². The summed E-state index contributed by atoms with van der Waals surface area (Å²) in [5.41, 5.74) is 0. The number of rotatable bonds is 52. The first-order valence-electron chi connectivity index (χ1n) is 28.0. The number of hydrogen-bond donors (Lipinski definition) is 0. The van der Waals surface area contributed by atoms with Crippen LogP contribution in [0, 0.1) is 0 Å². The van der Waals surface area contributed by atoms with Crippen molar-refractivity contribution >= 4 is 13.8 Å². The summed E-state index contributed by atoms with van der Waals surface area (Å²) >= 11 is 0. The first kappa shape index (κ1) is 65.2. The van der Waals surface area contributed by atoms with Gasteiger partial charge in [0.1, 0.15) is 19.3 Å². The highest BCUT2D eigenvalue weighted by Crippen LogP contribution is 2.38. The summed E-state index contributed by atoms with van der Waals surface area (Å²) in [6.07, 6.45) is 65.4. The topological polar surface area (TPSA) is 94.1 Å². The number of ether oxygens (including phenoxy) is 2. The molecule has 67 heavy (non-hydrogen) atoms. The summed E-state index contributed by atoms with van der Waals surface area (Å²) in [5.74, 6) is -0.338. The van der Waals surface area contributed by atoms with Crippen LogP contribution in [0.25, 0.3) is 0 Å². The van der Waals surface area contributed by atoms with Gasteiger partial charge in [-0.2, -0.15) is 0 Å². The summed E-state index contributed by atoms with van der Waals surface area (Å²) in [4.78, 5) is 25.2. The van der Waals surface area contributed by atoms with Crippen LogP contribution in [0.2, 0.25) is 0 Å². The third-order valence-corrected chi connectivity index (χ3v) is 13.0. The van der Waals surface area contributed by atoms with E-state index in [1.54, 1.807) is 0 Å². The normalized spacial score (nSPS) is 13.9. The van der Waals surface area contributed by atoms with Gasteiger partial charge in [0.25, 0.3) is 7.82 Å². The summed E-state index contributed by atoms with van der Waals surface area (Å²) < 4.78 is 34.8. The predicted molar refractivity (Wildman–Crippen MR) is 286 cm³/mol. The van der Waals surface area contributed by atoms with Crippen molar-refractivity contribution in [3.05, 3.63) is 60.8 Å². The summed E-state index contributed by atoms with van der Waals surface area (Å²) in [6.45, 7) is 5.39. The van der Waals surface area contributed by atoms with E-state index in [0.717, 1.165) is 51.4 Å². The lowest BCUT2D eigenvalue weighted by Crippen LogP contribution is -2.37. The highest BCUT2D eigenvalue weighted by molar-refractivity contribution is 7.45. The number of unbranched alkanes of at least 4 members (excludes halogenated alkanes) is 28. The zero-order chi connectivity index (χ0) is 49.0. The van der Waals surface area contributed by atoms with Crippen molar-refractivity contribution in [3.63, 3.8) is 0 Å². The van der Waals surface area contributed by atoms with Gasteiger partial charge in [0.2, 0.25) is 0 Å². The molecular weight excluding hydrogens is 854 g/mol. The van der Waals surface area contributed by atoms with Gasteiger partial charge in [0, 0.05) is 13.0 Å². The number of esters is 1. The molecule has 0 amide bonds. The fourth-order valence-electron chi connectivity index (χ4n) is 7.70. The Balaban J connectivity index is 4.09. The molecule has 2 unspecified atom stereocenters. The lowest BCUT2D eigenvalue weighted by atomic mass is 10.1. The molecule has 392 valence electrons. The highest BCUT2D eigenvalue weighted by Gasteiger charge is 2.20. The minimum Gasteiger partial charge on any atom is -0.756 e. The summed E-state index contributed by atoms with van der Waals surface area (Å²) in [5, 5.41) is 0. The van der Waals surface area contributed by atoms with Crippen LogP contribution in [0.5, 0.6) is 0 Å². The maximum Gasteiger partial charge on any atom is 0.306 e. The Bertz CT molecular complexity index is 1260. The van der Waals surface area contributed by atoms with Crippen LogP contribution in [0.3, 0.4) is 0 Å². The molecule has 0 aliphatic rings. The van der Waals surface area contributed by atoms with E-state index in [9.17, 15) is 14.3 Å². The number of phosphoric acid groups is 1. The van der Waals surface area contributed by atoms with Crippen LogP contribution < -0.4 is 4.89 Å². The van der Waals surface area contributed by atoms with Gasteiger partial charge in [0.15, 0.2) is 0 Å². The van der Waals surface area contributed by atoms with Gasteiger partial charge in [-0.3, -0.25) is 9.36 Å². The Kier molecular flexibility index (Phi) is 49.2. The second-order valence-electron chi connectivity index (χ2n) is 19.9. The maximum atomic E-state index is 12.8. The molecule has 2 atom stereocenters. The van der Waals surface area contributed by atoms with Gasteiger partial charge in [-0.25, -0.2) is 0 Å². The van der Waals surface area contributed by atoms with E-state index >= 15 is 0 Å². The van der Waals surface area contributed by atoms with E-state index in [2.05, 4.69) is 74.6 Å². The standard InChI is InChI=1S/C58H108NO7P/c1-6-8-10-12-14-16-18-20-22-24-26-27-28-29-30-31-32-34-36-38-40-42-44-46-48-50-53-63-55-57(56-65-67(61,62)64-54-52-59(3,4)5)66-58(60)51-49-47-45-43-41-39-37-35-33-25-23-21-19-17-15-13-11-9-7-2/h15,17-18,20-21,23-24,26,28-29,57H,6-14,16,19,22,25,27,30-56H2,1-5H3/b17-15-,20-18-,23-21-,26-24-,29-28-. The van der Waals surface area contributed by atoms with Crippen LogP contribution in [-0.2, 0) is 27.9 Å². The van der Waals surface area contributed by atoms with Crippen molar-refractivity contribution in [2.24, 2.45) is 0 Å². The highest BCUT2D eigenvalue weighted by atomic mass is 31.2. The summed E-state index contributed by atoms with van der Waals surface area (Å²) in [6, 6.07) is 0. The molecule has 0 aromatic carbocycles. The molecule has 0 bridgehead atoms. The Morgan fingerprint density at radius 3 is 1.25 bits per heavy atom. The first-order valence-corrected chi connectivity index (χ1v) is 29.5. The van der Waals surface area contributed by atoms with Gasteiger partial charge in [0.05, 0.1) is 34.4 Å². The largest absolute Gasteiger partial charge is 0.756 e. The Hall–Kier alpha value is -1.80. The van der Waals surface area contributed by atoms with E-state index in [1.807, 2.05) is 21.1 Å². The Morgan fingerprint density at radius 2 is 0.821 bits per heavy atom. The second kappa shape index (κ2) is 50.6. The van der Waals surface area contributed by atoms with Gasteiger partial charge in [-0.1, -0.05) is 216 Å². The average Bonchev–Trinajstić information content (AvgIpc) is 3.29. The zero-order valence-corrected chi connectivity index (χ0v) is 45.5. The van der Waals surface area contributed by atoms with Crippen molar-refractivity contribution in [2.75, 3.05) is 54.1 Å². The average molecular weight is 962 g/mol. The maximum absolute atomic E-state index is 12.8. The molecular formula is C58H108NO7P. The van der Waals surface area contributed by atoms with E-state index in [-0.39, 0.29) is 25.8 Å². The monoisotopic (exact) mass is 962 g/mol. The third kappa shape index (κ3) is 55.0. The molecule has 0 heterocycles. The van der Waals surface area contributed by atoms with Crippen molar-refractivity contribution in [3.8, 4) is 0 Å². The van der Waals surface area contributed by atoms with Gasteiger partial charge < -0.3 is 27.9 Å². The molecule has 0 N–H and O–H groups in total. The number of likely N-dealkylation sites (N-methyl/N-ethyl adjacent to an activating group) is 1. The van der Waals surface area contributed by atoms with Crippen LogP contribution in [0.15, 0.2) is 60.8 Å². The minimum atomic E-state index is -4.54. The molecule has 0 radical (unpaired) electrons. The fraction of sp³-hybridized carbons (Fsp3) is 0.810. The smallest absolute Gasteiger partial charge is 0.306 e. The molecule has 0 aromatic heterocycles. The number of carbonyl (C=O) groups excluding carboxylic acids is 1.